The highest BCUT2D eigenvalue weighted by Crippen LogP contribution is 1.94. The number of β-amino-alcohol motifs (C(OH)–C–C–N with tert-alkyl or cyclic N) is 1. The van der Waals surface area contributed by atoms with Gasteiger partial charge < -0.3 is 10.0 Å². The maximum atomic E-state index is 8.66. The summed E-state index contributed by atoms with van der Waals surface area (Å²) in [6, 6.07) is 0. The first-order valence-electron chi connectivity index (χ1n) is 2.20. The number of aliphatic hydroxyl groups is 1. The molecule has 40 valence electrons. The Hall–Kier alpha value is -0.570. The van der Waals surface area contributed by atoms with E-state index in [1.165, 1.54) is 0 Å². The third-order valence-corrected chi connectivity index (χ3v) is 0.887. The monoisotopic (exact) mass is 100 g/mol. The van der Waals surface area contributed by atoms with Crippen molar-refractivity contribution in [3.63, 3.8) is 0 Å². The molecule has 0 saturated carbocycles. The zero-order chi connectivity index (χ0) is 5.28. The summed E-state index contributed by atoms with van der Waals surface area (Å²) in [6.07, 6.45) is 1.15. The minimum Gasteiger partial charge on any atom is -0.370 e. The minimum atomic E-state index is -0.481. The Balaban J connectivity index is 2.42. The van der Waals surface area contributed by atoms with Gasteiger partial charge in [0.05, 0.1) is 12.9 Å². The maximum absolute atomic E-state index is 8.66. The van der Waals surface area contributed by atoms with Gasteiger partial charge in [0, 0.05) is 7.05 Å². The molecule has 3 nitrogen and oxygen atoms in total. The molecule has 0 aromatic carbocycles. The standard InChI is InChI=1S/C4H8N2O/c1-6-2-4(7)5-3-6/h3-4,7H,2H2,1H3. The number of aliphatic imine (C=N–C) groups is 1. The summed E-state index contributed by atoms with van der Waals surface area (Å²) < 4.78 is 0. The quantitative estimate of drug-likeness (QED) is 0.436. The number of hydrogen-bond acceptors (Lipinski definition) is 3. The molecule has 1 rings (SSSR count). The van der Waals surface area contributed by atoms with E-state index in [4.69, 9.17) is 5.11 Å². The van der Waals surface area contributed by atoms with Gasteiger partial charge in [-0.1, -0.05) is 0 Å². The molecule has 0 aliphatic carbocycles. The van der Waals surface area contributed by atoms with Gasteiger partial charge in [0.1, 0.15) is 0 Å². The van der Waals surface area contributed by atoms with Gasteiger partial charge in [0.15, 0.2) is 6.23 Å². The second-order valence-electron chi connectivity index (χ2n) is 1.68. The molecule has 0 radical (unpaired) electrons. The summed E-state index contributed by atoms with van der Waals surface area (Å²) in [4.78, 5) is 5.51. The van der Waals surface area contributed by atoms with Gasteiger partial charge in [-0.05, 0) is 0 Å². The topological polar surface area (TPSA) is 35.8 Å². The van der Waals surface area contributed by atoms with Crippen molar-refractivity contribution in [2.24, 2.45) is 4.99 Å². The fourth-order valence-electron chi connectivity index (χ4n) is 0.543. The van der Waals surface area contributed by atoms with E-state index >= 15 is 0 Å². The van der Waals surface area contributed by atoms with Crippen molar-refractivity contribution in [1.29, 1.82) is 0 Å². The van der Waals surface area contributed by atoms with E-state index in [0.29, 0.717) is 6.54 Å². The first kappa shape index (κ1) is 4.59. The molecular formula is C4H8N2O. The average Bonchev–Trinajstić information content (AvgIpc) is 1.87. The van der Waals surface area contributed by atoms with E-state index < -0.39 is 6.23 Å². The highest BCUT2D eigenvalue weighted by molar-refractivity contribution is 5.56. The average molecular weight is 100 g/mol. The molecule has 1 atom stereocenters. The summed E-state index contributed by atoms with van der Waals surface area (Å²) in [6.45, 7) is 0.639. The Kier molecular flexibility index (Phi) is 0.982. The molecule has 3 heteroatoms. The second kappa shape index (κ2) is 1.50. The fourth-order valence-corrected chi connectivity index (χ4v) is 0.543. The molecule has 0 aromatic heterocycles. The van der Waals surface area contributed by atoms with E-state index in [-0.39, 0.29) is 0 Å². The van der Waals surface area contributed by atoms with Gasteiger partial charge >= 0.3 is 0 Å². The molecule has 0 amide bonds. The summed E-state index contributed by atoms with van der Waals surface area (Å²) in [5, 5.41) is 8.66. The van der Waals surface area contributed by atoms with Crippen molar-refractivity contribution in [2.45, 2.75) is 6.23 Å². The number of hydrogen-bond donors (Lipinski definition) is 1. The maximum Gasteiger partial charge on any atom is 0.164 e. The van der Waals surface area contributed by atoms with Crippen molar-refractivity contribution in [1.82, 2.24) is 4.90 Å². The first-order chi connectivity index (χ1) is 3.29. The van der Waals surface area contributed by atoms with Crippen LogP contribution in [0.3, 0.4) is 0 Å². The van der Waals surface area contributed by atoms with Crippen LogP contribution in [0.5, 0.6) is 0 Å². The van der Waals surface area contributed by atoms with Gasteiger partial charge in [-0.15, -0.1) is 0 Å². The molecule has 7 heavy (non-hydrogen) atoms. The SMILES string of the molecule is CN1C=NC(O)C1. The highest BCUT2D eigenvalue weighted by Gasteiger charge is 2.07. The lowest BCUT2D eigenvalue weighted by Gasteiger charge is -2.02. The first-order valence-corrected chi connectivity index (χ1v) is 2.20. The van der Waals surface area contributed by atoms with Crippen LogP contribution < -0.4 is 0 Å². The number of likely N-dealkylation sites (N-methyl/N-ethyl adjacent to an activating group) is 1. The minimum absolute atomic E-state index is 0.481. The lowest BCUT2D eigenvalue weighted by molar-refractivity contribution is 0.178. The van der Waals surface area contributed by atoms with Crippen LogP contribution in [0.2, 0.25) is 0 Å². The normalized spacial score (nSPS) is 29.4. The summed E-state index contributed by atoms with van der Waals surface area (Å²) >= 11 is 0. The Morgan fingerprint density at radius 1 is 2.00 bits per heavy atom. The van der Waals surface area contributed by atoms with E-state index in [2.05, 4.69) is 4.99 Å². The van der Waals surface area contributed by atoms with Crippen LogP contribution >= 0.6 is 0 Å². The Labute approximate surface area is 42.3 Å². The number of nitrogens with zero attached hydrogens (tertiary/aromatic N) is 2. The van der Waals surface area contributed by atoms with Gasteiger partial charge in [-0.3, -0.25) is 0 Å². The molecule has 1 aliphatic rings. The van der Waals surface area contributed by atoms with Crippen LogP contribution in [0.15, 0.2) is 4.99 Å². The summed E-state index contributed by atoms with van der Waals surface area (Å²) in [5.41, 5.74) is 0. The van der Waals surface area contributed by atoms with E-state index in [9.17, 15) is 0 Å². The molecule has 0 saturated heterocycles. The third-order valence-electron chi connectivity index (χ3n) is 0.887. The molecule has 0 spiro atoms. The number of aliphatic hydroxyl groups excluding tert-OH is 1. The summed E-state index contributed by atoms with van der Waals surface area (Å²) in [7, 11) is 1.87. The van der Waals surface area contributed by atoms with E-state index in [1.807, 2.05) is 11.9 Å². The zero-order valence-electron chi connectivity index (χ0n) is 4.20. The Morgan fingerprint density at radius 2 is 2.71 bits per heavy atom. The van der Waals surface area contributed by atoms with Crippen LogP contribution in [0.25, 0.3) is 0 Å². The van der Waals surface area contributed by atoms with Crippen molar-refractivity contribution >= 4 is 6.34 Å². The third kappa shape index (κ3) is 0.899. The van der Waals surface area contributed by atoms with E-state index in [0.717, 1.165) is 0 Å². The molecule has 0 aromatic rings. The second-order valence-corrected chi connectivity index (χ2v) is 1.68. The van der Waals surface area contributed by atoms with Crippen molar-refractivity contribution < 1.29 is 5.11 Å². The predicted octanol–water partition coefficient (Wildman–Crippen LogP) is -0.722. The fraction of sp³-hybridized carbons (Fsp3) is 0.750. The van der Waals surface area contributed by atoms with Crippen LogP contribution in [0.1, 0.15) is 0 Å². The molecule has 1 heterocycles. The van der Waals surface area contributed by atoms with Gasteiger partial charge in [0.2, 0.25) is 0 Å². The Morgan fingerprint density at radius 3 is 2.86 bits per heavy atom. The lowest BCUT2D eigenvalue weighted by Crippen LogP contribution is -2.17. The van der Waals surface area contributed by atoms with Crippen molar-refractivity contribution in [3.05, 3.63) is 0 Å². The van der Waals surface area contributed by atoms with Crippen LogP contribution in [0.4, 0.5) is 0 Å². The lowest BCUT2D eigenvalue weighted by atomic mass is 10.6. The van der Waals surface area contributed by atoms with Crippen molar-refractivity contribution in [2.75, 3.05) is 13.6 Å². The van der Waals surface area contributed by atoms with Gasteiger partial charge in [-0.25, -0.2) is 4.99 Å². The van der Waals surface area contributed by atoms with E-state index in [1.54, 1.807) is 6.34 Å². The smallest absolute Gasteiger partial charge is 0.164 e. The number of rotatable bonds is 0. The van der Waals surface area contributed by atoms with Crippen LogP contribution in [-0.2, 0) is 0 Å². The Bertz CT molecular complexity index is 81.7. The van der Waals surface area contributed by atoms with Crippen LogP contribution in [-0.4, -0.2) is 36.2 Å². The van der Waals surface area contributed by atoms with Crippen molar-refractivity contribution in [3.8, 4) is 0 Å². The molecule has 0 bridgehead atoms. The van der Waals surface area contributed by atoms with Gasteiger partial charge in [0.25, 0.3) is 0 Å². The molecular weight excluding hydrogens is 92.1 g/mol. The van der Waals surface area contributed by atoms with Crippen LogP contribution in [0, 0.1) is 0 Å². The molecule has 1 N–H and O–H groups in total. The summed E-state index contributed by atoms with van der Waals surface area (Å²) in [5.74, 6) is 0. The predicted molar refractivity (Wildman–Crippen MR) is 27.1 cm³/mol. The van der Waals surface area contributed by atoms with Gasteiger partial charge in [-0.2, -0.15) is 0 Å². The molecule has 1 unspecified atom stereocenters. The molecule has 1 aliphatic heterocycles. The molecule has 0 fully saturated rings. The largest absolute Gasteiger partial charge is 0.370 e. The zero-order valence-corrected chi connectivity index (χ0v) is 4.20. The highest BCUT2D eigenvalue weighted by atomic mass is 16.3.